The van der Waals surface area contributed by atoms with Gasteiger partial charge in [-0.05, 0) is 55.3 Å². The fraction of sp³-hybridized carbons (Fsp3) is 0.261. The molecule has 1 unspecified atom stereocenters. The molecule has 3 rings (SSSR count). The highest BCUT2D eigenvalue weighted by Gasteiger charge is 2.35. The predicted molar refractivity (Wildman–Crippen MR) is 112 cm³/mol. The number of carbonyl (C=O) groups excluding carboxylic acids is 3. The maximum absolute atomic E-state index is 13.8. The molecule has 6 nitrogen and oxygen atoms in total. The van der Waals surface area contributed by atoms with Gasteiger partial charge in [0.05, 0.1) is 12.5 Å². The number of aryl methyl sites for hydroxylation is 1. The minimum absolute atomic E-state index is 0.0711. The lowest BCUT2D eigenvalue weighted by atomic mass is 10.1. The Morgan fingerprint density at radius 2 is 1.97 bits per heavy atom. The Morgan fingerprint density at radius 3 is 2.63 bits per heavy atom. The monoisotopic (exact) mass is 410 g/mol. The zero-order chi connectivity index (χ0) is 21.7. The van der Waals surface area contributed by atoms with Gasteiger partial charge in [0.2, 0.25) is 11.8 Å². The Bertz CT molecular complexity index is 985. The van der Waals surface area contributed by atoms with E-state index >= 15 is 0 Å². The molecule has 2 aromatic rings. The van der Waals surface area contributed by atoms with Crippen LogP contribution in [0.3, 0.4) is 0 Å². The van der Waals surface area contributed by atoms with Crippen molar-refractivity contribution >= 4 is 35.2 Å². The first-order valence-electron chi connectivity index (χ1n) is 9.69. The van der Waals surface area contributed by atoms with E-state index in [1.807, 2.05) is 0 Å². The van der Waals surface area contributed by atoms with Crippen LogP contribution in [0.15, 0.2) is 48.5 Å². The van der Waals surface area contributed by atoms with Gasteiger partial charge in [-0.1, -0.05) is 18.2 Å². The predicted octanol–water partition coefficient (Wildman–Crippen LogP) is 3.70. The lowest BCUT2D eigenvalue weighted by Crippen LogP contribution is -2.28. The van der Waals surface area contributed by atoms with Crippen LogP contribution in [0.4, 0.5) is 15.8 Å². The highest BCUT2D eigenvalue weighted by Crippen LogP contribution is 2.27. The van der Waals surface area contributed by atoms with Gasteiger partial charge in [0.1, 0.15) is 5.82 Å². The standard InChI is InChI=1S/C23H23FN2O4/c1-3-30-22(28)11-7-16-5-8-18(9-6-16)25-23(29)17-12-21(27)26(14-17)19-10-4-15(2)20(24)13-19/h4-11,13,17H,3,12,14H2,1-2H3,(H,25,29)/b11-7+. The van der Waals surface area contributed by atoms with E-state index < -0.39 is 11.9 Å². The van der Waals surface area contributed by atoms with Crippen LogP contribution in [0.25, 0.3) is 6.08 Å². The summed E-state index contributed by atoms with van der Waals surface area (Å²) in [4.78, 5) is 37.7. The van der Waals surface area contributed by atoms with Gasteiger partial charge in [0.25, 0.3) is 0 Å². The van der Waals surface area contributed by atoms with Crippen molar-refractivity contribution < 1.29 is 23.5 Å². The highest BCUT2D eigenvalue weighted by molar-refractivity contribution is 6.03. The highest BCUT2D eigenvalue weighted by atomic mass is 19.1. The molecule has 1 N–H and O–H groups in total. The smallest absolute Gasteiger partial charge is 0.330 e. The number of ether oxygens (including phenoxy) is 1. The molecule has 0 bridgehead atoms. The van der Waals surface area contributed by atoms with Gasteiger partial charge >= 0.3 is 5.97 Å². The molecule has 0 radical (unpaired) electrons. The number of rotatable bonds is 6. The number of esters is 1. The zero-order valence-corrected chi connectivity index (χ0v) is 16.9. The fourth-order valence-electron chi connectivity index (χ4n) is 3.16. The third-order valence-corrected chi connectivity index (χ3v) is 4.84. The summed E-state index contributed by atoms with van der Waals surface area (Å²) in [6, 6.07) is 11.6. The first kappa shape index (κ1) is 21.2. The minimum atomic E-state index is -0.523. The molecule has 1 aliphatic heterocycles. The third-order valence-electron chi connectivity index (χ3n) is 4.84. The molecule has 1 heterocycles. The van der Waals surface area contributed by atoms with Crippen LogP contribution in [0.2, 0.25) is 0 Å². The minimum Gasteiger partial charge on any atom is -0.463 e. The number of nitrogens with one attached hydrogen (secondary N) is 1. The molecule has 2 amide bonds. The summed E-state index contributed by atoms with van der Waals surface area (Å²) in [5.41, 5.74) is 2.32. The maximum atomic E-state index is 13.8. The second-order valence-electron chi connectivity index (χ2n) is 7.04. The van der Waals surface area contributed by atoms with Gasteiger partial charge in [-0.3, -0.25) is 9.59 Å². The summed E-state index contributed by atoms with van der Waals surface area (Å²) in [7, 11) is 0. The van der Waals surface area contributed by atoms with Crippen LogP contribution in [0, 0.1) is 18.7 Å². The van der Waals surface area contributed by atoms with Crippen molar-refractivity contribution in [3.8, 4) is 0 Å². The molecule has 0 aromatic heterocycles. The number of nitrogens with zero attached hydrogens (tertiary/aromatic N) is 1. The third kappa shape index (κ3) is 5.11. The van der Waals surface area contributed by atoms with Crippen LogP contribution < -0.4 is 10.2 Å². The molecule has 1 saturated heterocycles. The van der Waals surface area contributed by atoms with Crippen molar-refractivity contribution in [1.29, 1.82) is 0 Å². The average Bonchev–Trinajstić information content (AvgIpc) is 3.11. The summed E-state index contributed by atoms with van der Waals surface area (Å²) in [6.45, 7) is 3.90. The van der Waals surface area contributed by atoms with E-state index in [4.69, 9.17) is 4.74 Å². The van der Waals surface area contributed by atoms with E-state index in [0.717, 1.165) is 5.56 Å². The topological polar surface area (TPSA) is 75.7 Å². The average molecular weight is 410 g/mol. The second kappa shape index (κ2) is 9.35. The number of halogens is 1. The molecule has 30 heavy (non-hydrogen) atoms. The molecule has 156 valence electrons. The second-order valence-corrected chi connectivity index (χ2v) is 7.04. The van der Waals surface area contributed by atoms with Crippen LogP contribution in [-0.4, -0.2) is 30.9 Å². The number of carbonyl (C=O) groups is 3. The number of hydrogen-bond acceptors (Lipinski definition) is 4. The maximum Gasteiger partial charge on any atom is 0.330 e. The van der Waals surface area contributed by atoms with E-state index in [1.165, 1.54) is 17.0 Å². The Kier molecular flexibility index (Phi) is 6.61. The van der Waals surface area contributed by atoms with Crippen molar-refractivity contribution in [2.45, 2.75) is 20.3 Å². The zero-order valence-electron chi connectivity index (χ0n) is 16.9. The summed E-state index contributed by atoms with van der Waals surface area (Å²) in [6.07, 6.45) is 3.03. The summed E-state index contributed by atoms with van der Waals surface area (Å²) < 4.78 is 18.6. The molecular formula is C23H23FN2O4. The molecular weight excluding hydrogens is 387 g/mol. The summed E-state index contributed by atoms with van der Waals surface area (Å²) >= 11 is 0. The van der Waals surface area contributed by atoms with Crippen molar-refractivity contribution in [1.82, 2.24) is 0 Å². The number of amides is 2. The molecule has 1 atom stereocenters. The van der Waals surface area contributed by atoms with E-state index in [2.05, 4.69) is 5.32 Å². The van der Waals surface area contributed by atoms with Crippen LogP contribution in [0.5, 0.6) is 0 Å². The van der Waals surface area contributed by atoms with E-state index in [1.54, 1.807) is 56.3 Å². The van der Waals surface area contributed by atoms with Crippen molar-refractivity contribution in [3.05, 3.63) is 65.5 Å². The normalized spacial score (nSPS) is 16.2. The van der Waals surface area contributed by atoms with Gasteiger partial charge in [0, 0.05) is 30.4 Å². The summed E-state index contributed by atoms with van der Waals surface area (Å²) in [5.74, 6) is -1.81. The van der Waals surface area contributed by atoms with Crippen LogP contribution >= 0.6 is 0 Å². The fourth-order valence-corrected chi connectivity index (χ4v) is 3.16. The Balaban J connectivity index is 1.60. The van der Waals surface area contributed by atoms with E-state index in [9.17, 15) is 18.8 Å². The van der Waals surface area contributed by atoms with Crippen LogP contribution in [0.1, 0.15) is 24.5 Å². The molecule has 0 saturated carbocycles. The quantitative estimate of drug-likeness (QED) is 0.582. The van der Waals surface area contributed by atoms with Gasteiger partial charge in [-0.15, -0.1) is 0 Å². The Morgan fingerprint density at radius 1 is 1.23 bits per heavy atom. The summed E-state index contributed by atoms with van der Waals surface area (Å²) in [5, 5.41) is 2.80. The largest absolute Gasteiger partial charge is 0.463 e. The van der Waals surface area contributed by atoms with Crippen molar-refractivity contribution in [2.75, 3.05) is 23.4 Å². The number of anilines is 2. The molecule has 0 spiro atoms. The molecule has 1 aliphatic rings. The number of benzene rings is 2. The van der Waals surface area contributed by atoms with Crippen molar-refractivity contribution in [3.63, 3.8) is 0 Å². The molecule has 2 aromatic carbocycles. The number of hydrogen-bond donors (Lipinski definition) is 1. The Hall–Kier alpha value is -3.48. The van der Waals surface area contributed by atoms with Crippen LogP contribution in [-0.2, 0) is 19.1 Å². The molecule has 0 aliphatic carbocycles. The lowest BCUT2D eigenvalue weighted by molar-refractivity contribution is -0.137. The molecule has 1 fully saturated rings. The van der Waals surface area contributed by atoms with Gasteiger partial charge in [-0.2, -0.15) is 0 Å². The van der Waals surface area contributed by atoms with E-state index in [0.29, 0.717) is 23.5 Å². The van der Waals surface area contributed by atoms with Crippen molar-refractivity contribution in [2.24, 2.45) is 5.92 Å². The Labute approximate surface area is 174 Å². The first-order chi connectivity index (χ1) is 14.4. The molecule has 7 heteroatoms. The van der Waals surface area contributed by atoms with E-state index in [-0.39, 0.29) is 30.6 Å². The SMILES string of the molecule is CCOC(=O)/C=C/c1ccc(NC(=O)C2CC(=O)N(c3ccc(C)c(F)c3)C2)cc1. The van der Waals surface area contributed by atoms with Gasteiger partial charge in [0.15, 0.2) is 0 Å². The lowest BCUT2D eigenvalue weighted by Gasteiger charge is -2.17. The van der Waals surface area contributed by atoms with Gasteiger partial charge < -0.3 is 15.0 Å². The first-order valence-corrected chi connectivity index (χ1v) is 9.69. The van der Waals surface area contributed by atoms with Gasteiger partial charge in [-0.25, -0.2) is 9.18 Å².